The topological polar surface area (TPSA) is 92.3 Å². The molecule has 1 N–H and O–H groups in total. The number of hydrogen-bond acceptors (Lipinski definition) is 7. The highest BCUT2D eigenvalue weighted by atomic mass is 16.6. The molecule has 8 nitrogen and oxygen atoms in total. The third-order valence-electron chi connectivity index (χ3n) is 5.35. The lowest BCUT2D eigenvalue weighted by Crippen LogP contribution is -2.22. The van der Waals surface area contributed by atoms with Crippen molar-refractivity contribution in [1.29, 1.82) is 0 Å². The Hall–Kier alpha value is -3.42. The molecule has 8 heteroatoms. The summed E-state index contributed by atoms with van der Waals surface area (Å²) in [6, 6.07) is 11.0. The minimum Gasteiger partial charge on any atom is -0.493 e. The van der Waals surface area contributed by atoms with Crippen LogP contribution in [0.15, 0.2) is 36.4 Å². The first kappa shape index (κ1) is 22.3. The normalized spacial score (nSPS) is 17.6. The fourth-order valence-corrected chi connectivity index (χ4v) is 3.69. The molecule has 166 valence electrons. The molecule has 31 heavy (non-hydrogen) atoms. The summed E-state index contributed by atoms with van der Waals surface area (Å²) in [6.45, 7) is 0.368. The zero-order chi connectivity index (χ0) is 22.4. The van der Waals surface area contributed by atoms with Crippen LogP contribution in [0.1, 0.15) is 11.1 Å². The maximum Gasteiger partial charge on any atom is 0.412 e. The molecule has 3 rings (SSSR count). The Morgan fingerprint density at radius 2 is 1.52 bits per heavy atom. The Morgan fingerprint density at radius 1 is 0.935 bits per heavy atom. The predicted octanol–water partition coefficient (Wildman–Crippen LogP) is 3.01. The maximum atomic E-state index is 12.4. The number of cyclic esters (lactones) is 1. The van der Waals surface area contributed by atoms with Crippen molar-refractivity contribution in [3.05, 3.63) is 47.5 Å². The second-order valence-corrected chi connectivity index (χ2v) is 7.22. The van der Waals surface area contributed by atoms with Gasteiger partial charge in [-0.3, -0.25) is 4.79 Å². The Balaban J connectivity index is 1.75. The number of rotatable bonds is 8. The van der Waals surface area contributed by atoms with E-state index in [1.165, 1.54) is 14.2 Å². The van der Waals surface area contributed by atoms with Gasteiger partial charge in [0.05, 0.1) is 33.9 Å². The third-order valence-corrected chi connectivity index (χ3v) is 5.35. The average Bonchev–Trinajstić information content (AvgIpc) is 3.13. The van der Waals surface area contributed by atoms with E-state index in [2.05, 4.69) is 5.32 Å². The highest BCUT2D eigenvalue weighted by Crippen LogP contribution is 2.35. The fourth-order valence-electron chi connectivity index (χ4n) is 3.69. The summed E-state index contributed by atoms with van der Waals surface area (Å²) < 4.78 is 26.6. The van der Waals surface area contributed by atoms with E-state index in [0.717, 1.165) is 11.1 Å². The van der Waals surface area contributed by atoms with Crippen LogP contribution < -0.4 is 24.3 Å². The summed E-state index contributed by atoms with van der Waals surface area (Å²) in [4.78, 5) is 23.9. The first-order valence-corrected chi connectivity index (χ1v) is 9.93. The molecule has 0 radical (unpaired) electrons. The number of hydrogen-bond donors (Lipinski definition) is 1. The van der Waals surface area contributed by atoms with Gasteiger partial charge in [0.2, 0.25) is 0 Å². The van der Waals surface area contributed by atoms with E-state index in [1.807, 2.05) is 24.3 Å². The fraction of sp³-hybridized carbons (Fsp3) is 0.391. The molecule has 0 aromatic heterocycles. The molecule has 1 aliphatic heterocycles. The standard InChI is InChI=1S/C23H27NO7/c1-24-23(26)31-19-8-6-15(12-21(19)29-4)10-17-16(13-30-22(17)25)9-14-5-7-18(27-2)20(11-14)28-3/h5-8,11-12,16-17H,9-10,13H2,1-4H3,(H,24,26)/t16-,17+/m0/s1. The van der Waals surface area contributed by atoms with Crippen molar-refractivity contribution in [3.63, 3.8) is 0 Å². The molecule has 1 heterocycles. The van der Waals surface area contributed by atoms with Crippen molar-refractivity contribution in [2.24, 2.45) is 11.8 Å². The second kappa shape index (κ2) is 10.1. The molecule has 1 fully saturated rings. The van der Waals surface area contributed by atoms with Gasteiger partial charge in [-0.05, 0) is 48.2 Å². The summed E-state index contributed by atoms with van der Waals surface area (Å²) in [6.07, 6.45) is 0.583. The van der Waals surface area contributed by atoms with Gasteiger partial charge >= 0.3 is 12.1 Å². The first-order valence-electron chi connectivity index (χ1n) is 9.93. The van der Waals surface area contributed by atoms with Crippen LogP contribution in [0.3, 0.4) is 0 Å². The Bertz CT molecular complexity index is 944. The predicted molar refractivity (Wildman–Crippen MR) is 113 cm³/mol. The molecule has 2 aromatic carbocycles. The molecule has 2 aromatic rings. The van der Waals surface area contributed by atoms with Gasteiger partial charge in [-0.1, -0.05) is 12.1 Å². The third kappa shape index (κ3) is 5.20. The lowest BCUT2D eigenvalue weighted by atomic mass is 9.85. The van der Waals surface area contributed by atoms with Crippen molar-refractivity contribution in [2.75, 3.05) is 35.0 Å². The summed E-state index contributed by atoms with van der Waals surface area (Å²) in [5.74, 6) is 1.56. The van der Waals surface area contributed by atoms with Gasteiger partial charge in [-0.25, -0.2) is 4.79 Å². The van der Waals surface area contributed by atoms with Crippen LogP contribution in [0.2, 0.25) is 0 Å². The van der Waals surface area contributed by atoms with Crippen molar-refractivity contribution < 1.29 is 33.3 Å². The molecule has 0 aliphatic carbocycles. The smallest absolute Gasteiger partial charge is 0.412 e. The highest BCUT2D eigenvalue weighted by molar-refractivity contribution is 5.75. The van der Waals surface area contributed by atoms with Crippen LogP contribution in [-0.4, -0.2) is 47.0 Å². The molecule has 2 atom stereocenters. The van der Waals surface area contributed by atoms with Gasteiger partial charge in [-0.15, -0.1) is 0 Å². The quantitative estimate of drug-likeness (QED) is 0.645. The van der Waals surface area contributed by atoms with Crippen LogP contribution in [0.4, 0.5) is 4.79 Å². The van der Waals surface area contributed by atoms with E-state index in [4.69, 9.17) is 23.7 Å². The Morgan fingerprint density at radius 3 is 2.13 bits per heavy atom. The van der Waals surface area contributed by atoms with E-state index in [0.29, 0.717) is 42.4 Å². The van der Waals surface area contributed by atoms with Crippen molar-refractivity contribution >= 4 is 12.1 Å². The van der Waals surface area contributed by atoms with E-state index >= 15 is 0 Å². The van der Waals surface area contributed by atoms with Gasteiger partial charge in [0.25, 0.3) is 0 Å². The molecule has 1 saturated heterocycles. The minimum absolute atomic E-state index is 0.0263. The number of carbonyl (C=O) groups excluding carboxylic acids is 2. The number of nitrogens with one attached hydrogen (secondary N) is 1. The molecular weight excluding hydrogens is 402 g/mol. The van der Waals surface area contributed by atoms with Crippen LogP contribution >= 0.6 is 0 Å². The molecule has 0 unspecified atom stereocenters. The number of amides is 1. The SMILES string of the molecule is CNC(=O)Oc1ccc(C[C@H]2C(=O)OC[C@@H]2Cc2ccc(OC)c(OC)c2)cc1OC. The largest absolute Gasteiger partial charge is 0.493 e. The number of methoxy groups -OCH3 is 3. The van der Waals surface area contributed by atoms with E-state index in [9.17, 15) is 9.59 Å². The number of benzene rings is 2. The van der Waals surface area contributed by atoms with Gasteiger partial charge in [0.1, 0.15) is 0 Å². The average molecular weight is 429 g/mol. The Labute approximate surface area is 181 Å². The maximum absolute atomic E-state index is 12.4. The second-order valence-electron chi connectivity index (χ2n) is 7.22. The molecule has 0 bridgehead atoms. The molecule has 1 aliphatic rings. The van der Waals surface area contributed by atoms with Crippen molar-refractivity contribution in [1.82, 2.24) is 5.32 Å². The van der Waals surface area contributed by atoms with Crippen LogP contribution in [0, 0.1) is 11.8 Å². The lowest BCUT2D eigenvalue weighted by Gasteiger charge is -2.17. The summed E-state index contributed by atoms with van der Waals surface area (Å²) in [5, 5.41) is 2.39. The van der Waals surface area contributed by atoms with Crippen LogP contribution in [0.25, 0.3) is 0 Å². The number of carbonyl (C=O) groups is 2. The number of esters is 1. The van der Waals surface area contributed by atoms with E-state index in [1.54, 1.807) is 26.4 Å². The molecule has 0 saturated carbocycles. The van der Waals surface area contributed by atoms with Crippen molar-refractivity contribution in [2.45, 2.75) is 12.8 Å². The van der Waals surface area contributed by atoms with Crippen LogP contribution in [-0.2, 0) is 22.4 Å². The van der Waals surface area contributed by atoms with Gasteiger partial charge in [0.15, 0.2) is 23.0 Å². The number of ether oxygens (including phenoxy) is 5. The zero-order valence-electron chi connectivity index (χ0n) is 18.1. The van der Waals surface area contributed by atoms with E-state index in [-0.39, 0.29) is 17.8 Å². The lowest BCUT2D eigenvalue weighted by molar-refractivity contribution is -0.141. The first-order chi connectivity index (χ1) is 15.0. The molecule has 0 spiro atoms. The monoisotopic (exact) mass is 429 g/mol. The van der Waals surface area contributed by atoms with E-state index < -0.39 is 6.09 Å². The van der Waals surface area contributed by atoms with Crippen LogP contribution in [0.5, 0.6) is 23.0 Å². The summed E-state index contributed by atoms with van der Waals surface area (Å²) in [7, 11) is 6.17. The van der Waals surface area contributed by atoms with Crippen molar-refractivity contribution in [3.8, 4) is 23.0 Å². The van der Waals surface area contributed by atoms with Gasteiger partial charge in [0, 0.05) is 13.0 Å². The summed E-state index contributed by atoms with van der Waals surface area (Å²) >= 11 is 0. The minimum atomic E-state index is -0.583. The summed E-state index contributed by atoms with van der Waals surface area (Å²) in [5.41, 5.74) is 1.93. The zero-order valence-corrected chi connectivity index (χ0v) is 18.1. The highest BCUT2D eigenvalue weighted by Gasteiger charge is 2.37. The Kier molecular flexibility index (Phi) is 7.23. The van der Waals surface area contributed by atoms with Gasteiger partial charge < -0.3 is 29.0 Å². The molecular formula is C23H27NO7. The van der Waals surface area contributed by atoms with Gasteiger partial charge in [-0.2, -0.15) is 0 Å². The molecule has 1 amide bonds.